The van der Waals surface area contributed by atoms with Gasteiger partial charge in [-0.15, -0.1) is 0 Å². The molecule has 0 aliphatic carbocycles. The lowest BCUT2D eigenvalue weighted by molar-refractivity contribution is 0.423. The summed E-state index contributed by atoms with van der Waals surface area (Å²) in [4.78, 5) is 4.22. The average molecular weight is 281 g/mol. The van der Waals surface area contributed by atoms with Gasteiger partial charge in [-0.1, -0.05) is 23.9 Å². The van der Waals surface area contributed by atoms with Gasteiger partial charge in [-0.2, -0.15) is 0 Å². The molecule has 0 bridgehead atoms. The van der Waals surface area contributed by atoms with Gasteiger partial charge >= 0.3 is 7.12 Å². The van der Waals surface area contributed by atoms with Gasteiger partial charge in [0.15, 0.2) is 0 Å². The van der Waals surface area contributed by atoms with Crippen molar-refractivity contribution < 1.29 is 18.9 Å². The van der Waals surface area contributed by atoms with Gasteiger partial charge in [0.25, 0.3) is 5.22 Å². The number of hydrogen-bond donors (Lipinski definition) is 2. The van der Waals surface area contributed by atoms with E-state index in [1.165, 1.54) is 23.9 Å². The van der Waals surface area contributed by atoms with Crippen molar-refractivity contribution in [3.8, 4) is 0 Å². The minimum atomic E-state index is -1.81. The fourth-order valence-electron chi connectivity index (χ4n) is 1.53. The molecule has 0 aliphatic heterocycles. The van der Waals surface area contributed by atoms with E-state index < -0.39 is 12.9 Å². The van der Waals surface area contributed by atoms with Crippen LogP contribution >= 0.6 is 11.8 Å². The van der Waals surface area contributed by atoms with E-state index in [0.29, 0.717) is 11.0 Å². The van der Waals surface area contributed by atoms with Crippen LogP contribution in [-0.2, 0) is 5.75 Å². The maximum absolute atomic E-state index is 13.3. The van der Waals surface area contributed by atoms with E-state index in [4.69, 9.17) is 14.5 Å². The van der Waals surface area contributed by atoms with Gasteiger partial charge in [0.1, 0.15) is 11.6 Å². The van der Waals surface area contributed by atoms with Crippen molar-refractivity contribution in [2.45, 2.75) is 24.8 Å². The van der Waals surface area contributed by atoms with Crippen LogP contribution in [0.15, 0.2) is 27.8 Å². The highest BCUT2D eigenvalue weighted by atomic mass is 32.2. The molecule has 2 rings (SSSR count). The third-order valence-electron chi connectivity index (χ3n) is 2.71. The highest BCUT2D eigenvalue weighted by Gasteiger charge is 2.17. The molecule has 0 radical (unpaired) electrons. The van der Waals surface area contributed by atoms with Crippen LogP contribution in [0.5, 0.6) is 0 Å². The molecular formula is C12H13BFNO3S. The first-order valence-electron chi connectivity index (χ1n) is 5.68. The first kappa shape index (κ1) is 14.1. The minimum absolute atomic E-state index is 0.127. The Labute approximate surface area is 114 Å². The van der Waals surface area contributed by atoms with Crippen molar-refractivity contribution in [2.24, 2.45) is 0 Å². The standard InChI is InChI=1S/C12H13BFNO3S/c1-7-8(2)18-12(15-7)19-6-9-3-4-11(14)10(5-9)13(16)17/h3-5,16-17H,6H2,1-2H3. The van der Waals surface area contributed by atoms with Crippen molar-refractivity contribution >= 4 is 24.3 Å². The molecule has 7 heteroatoms. The van der Waals surface area contributed by atoms with Crippen molar-refractivity contribution in [1.29, 1.82) is 0 Å². The first-order chi connectivity index (χ1) is 8.97. The van der Waals surface area contributed by atoms with E-state index in [1.54, 1.807) is 6.07 Å². The molecule has 1 aromatic heterocycles. The quantitative estimate of drug-likeness (QED) is 0.655. The molecule has 0 atom stereocenters. The summed E-state index contributed by atoms with van der Waals surface area (Å²) in [7, 11) is -1.81. The van der Waals surface area contributed by atoms with Gasteiger partial charge in [0, 0.05) is 11.2 Å². The molecule has 0 saturated carbocycles. The number of aryl methyl sites for hydroxylation is 2. The Morgan fingerprint density at radius 1 is 1.37 bits per heavy atom. The largest absolute Gasteiger partial charge is 0.491 e. The van der Waals surface area contributed by atoms with Gasteiger partial charge in [0.05, 0.1) is 5.69 Å². The summed E-state index contributed by atoms with van der Waals surface area (Å²) < 4.78 is 18.7. The summed E-state index contributed by atoms with van der Waals surface area (Å²) in [6.07, 6.45) is 0. The summed E-state index contributed by atoms with van der Waals surface area (Å²) in [6.45, 7) is 3.70. The van der Waals surface area contributed by atoms with Crippen molar-refractivity contribution in [3.05, 3.63) is 41.0 Å². The topological polar surface area (TPSA) is 66.5 Å². The zero-order chi connectivity index (χ0) is 14.0. The molecule has 0 amide bonds. The Morgan fingerprint density at radius 2 is 2.11 bits per heavy atom. The number of thioether (sulfide) groups is 1. The van der Waals surface area contributed by atoms with E-state index in [2.05, 4.69) is 4.98 Å². The highest BCUT2D eigenvalue weighted by Crippen LogP contribution is 2.23. The molecule has 2 N–H and O–H groups in total. The SMILES string of the molecule is Cc1nc(SCc2ccc(F)c(B(O)O)c2)oc1C. The molecule has 0 spiro atoms. The van der Waals surface area contributed by atoms with Crippen LogP contribution in [-0.4, -0.2) is 22.2 Å². The molecular weight excluding hydrogens is 268 g/mol. The summed E-state index contributed by atoms with van der Waals surface area (Å²) in [5, 5.41) is 18.6. The first-order valence-corrected chi connectivity index (χ1v) is 6.67. The van der Waals surface area contributed by atoms with Crippen LogP contribution in [0.1, 0.15) is 17.0 Å². The zero-order valence-electron chi connectivity index (χ0n) is 10.6. The van der Waals surface area contributed by atoms with Crippen molar-refractivity contribution in [2.75, 3.05) is 0 Å². The lowest BCUT2D eigenvalue weighted by atomic mass is 9.79. The van der Waals surface area contributed by atoms with Gasteiger partial charge in [0.2, 0.25) is 0 Å². The van der Waals surface area contributed by atoms with Gasteiger partial charge in [-0.05, 0) is 25.5 Å². The number of halogens is 1. The predicted molar refractivity (Wildman–Crippen MR) is 71.8 cm³/mol. The summed E-state index contributed by atoms with van der Waals surface area (Å²) in [5.41, 5.74) is 1.48. The number of oxazole rings is 1. The second-order valence-electron chi connectivity index (χ2n) is 4.14. The summed E-state index contributed by atoms with van der Waals surface area (Å²) in [5.74, 6) is 0.652. The Hall–Kier alpha value is -1.31. The molecule has 0 unspecified atom stereocenters. The third kappa shape index (κ3) is 3.37. The summed E-state index contributed by atoms with van der Waals surface area (Å²) in [6, 6.07) is 4.24. The van der Waals surface area contributed by atoms with Crippen LogP contribution in [0, 0.1) is 19.7 Å². The Kier molecular flexibility index (Phi) is 4.29. The second kappa shape index (κ2) is 5.77. The number of benzene rings is 1. The number of nitrogens with zero attached hydrogens (tertiary/aromatic N) is 1. The molecule has 4 nitrogen and oxygen atoms in total. The Balaban J connectivity index is 2.09. The number of aromatic nitrogens is 1. The molecule has 100 valence electrons. The van der Waals surface area contributed by atoms with Crippen LogP contribution in [0.2, 0.25) is 0 Å². The fraction of sp³-hybridized carbons (Fsp3) is 0.250. The smallest absolute Gasteiger partial charge is 0.437 e. The second-order valence-corrected chi connectivity index (χ2v) is 5.07. The molecule has 2 aromatic rings. The normalized spacial score (nSPS) is 10.8. The molecule has 0 fully saturated rings. The Bertz CT molecular complexity index is 569. The predicted octanol–water partition coefficient (Wildman–Crippen LogP) is 1.40. The van der Waals surface area contributed by atoms with E-state index in [0.717, 1.165) is 17.0 Å². The number of hydrogen-bond acceptors (Lipinski definition) is 5. The number of rotatable bonds is 4. The monoisotopic (exact) mass is 281 g/mol. The zero-order valence-corrected chi connectivity index (χ0v) is 11.4. The minimum Gasteiger partial charge on any atom is -0.437 e. The maximum atomic E-state index is 13.3. The van der Waals surface area contributed by atoms with E-state index in [-0.39, 0.29) is 5.46 Å². The lowest BCUT2D eigenvalue weighted by Crippen LogP contribution is -2.33. The van der Waals surface area contributed by atoms with Crippen molar-refractivity contribution in [3.63, 3.8) is 0 Å². The lowest BCUT2D eigenvalue weighted by Gasteiger charge is -2.04. The van der Waals surface area contributed by atoms with Gasteiger partial charge in [-0.3, -0.25) is 0 Å². The molecule has 0 saturated heterocycles. The highest BCUT2D eigenvalue weighted by molar-refractivity contribution is 7.98. The van der Waals surface area contributed by atoms with Gasteiger partial charge < -0.3 is 14.5 Å². The molecule has 0 aliphatic rings. The molecule has 1 aromatic carbocycles. The maximum Gasteiger partial charge on any atom is 0.491 e. The van der Waals surface area contributed by atoms with Crippen molar-refractivity contribution in [1.82, 2.24) is 4.98 Å². The Morgan fingerprint density at radius 3 is 2.68 bits per heavy atom. The molecule has 19 heavy (non-hydrogen) atoms. The van der Waals surface area contributed by atoms with E-state index >= 15 is 0 Å². The van der Waals surface area contributed by atoms with Crippen LogP contribution in [0.3, 0.4) is 0 Å². The van der Waals surface area contributed by atoms with E-state index in [9.17, 15) is 4.39 Å². The average Bonchev–Trinajstić information content (AvgIpc) is 2.67. The summed E-state index contributed by atoms with van der Waals surface area (Å²) >= 11 is 1.37. The van der Waals surface area contributed by atoms with Gasteiger partial charge in [-0.25, -0.2) is 9.37 Å². The third-order valence-corrected chi connectivity index (χ3v) is 3.61. The fourth-order valence-corrected chi connectivity index (χ4v) is 2.39. The molecule has 1 heterocycles. The van der Waals surface area contributed by atoms with Crippen LogP contribution in [0.4, 0.5) is 4.39 Å². The van der Waals surface area contributed by atoms with Crippen LogP contribution < -0.4 is 5.46 Å². The van der Waals surface area contributed by atoms with Crippen LogP contribution in [0.25, 0.3) is 0 Å². The van der Waals surface area contributed by atoms with E-state index in [1.807, 2.05) is 13.8 Å².